The summed E-state index contributed by atoms with van der Waals surface area (Å²) in [7, 11) is 0. The molecule has 0 aliphatic carbocycles. The van der Waals surface area contributed by atoms with Gasteiger partial charge in [0, 0.05) is 31.9 Å². The molecule has 5 rings (SSSR count). The van der Waals surface area contributed by atoms with Gasteiger partial charge < -0.3 is 9.64 Å². The minimum absolute atomic E-state index is 0.175. The average molecular weight is 361 g/mol. The van der Waals surface area contributed by atoms with Crippen LogP contribution in [0.3, 0.4) is 0 Å². The van der Waals surface area contributed by atoms with Gasteiger partial charge in [-0.25, -0.2) is 0 Å². The van der Waals surface area contributed by atoms with E-state index in [4.69, 9.17) is 4.74 Å². The number of hydrogen-bond donors (Lipinski definition) is 0. The molecule has 4 saturated heterocycles. The molecular formula is C19H31N5O2. The van der Waals surface area contributed by atoms with Crippen LogP contribution in [-0.4, -0.2) is 76.1 Å². The smallest absolute Gasteiger partial charge is 0.227 e. The zero-order valence-electron chi connectivity index (χ0n) is 15.8. The van der Waals surface area contributed by atoms with Crippen LogP contribution in [0.2, 0.25) is 0 Å². The van der Waals surface area contributed by atoms with Crippen LogP contribution in [-0.2, 0) is 22.5 Å². The van der Waals surface area contributed by atoms with Crippen molar-refractivity contribution in [3.05, 3.63) is 11.9 Å². The fourth-order valence-corrected chi connectivity index (χ4v) is 4.74. The van der Waals surface area contributed by atoms with Gasteiger partial charge in [0.15, 0.2) is 0 Å². The van der Waals surface area contributed by atoms with Crippen LogP contribution in [0.5, 0.6) is 0 Å². The predicted octanol–water partition coefficient (Wildman–Crippen LogP) is 1.19. The third-order valence-electron chi connectivity index (χ3n) is 6.29. The molecule has 0 aromatic carbocycles. The number of aryl methyl sites for hydroxylation is 1. The van der Waals surface area contributed by atoms with Crippen LogP contribution < -0.4 is 0 Å². The summed E-state index contributed by atoms with van der Waals surface area (Å²) in [5.41, 5.74) is 1.10. The van der Waals surface area contributed by atoms with Crippen LogP contribution in [0.15, 0.2) is 6.20 Å². The number of amides is 1. The first-order valence-electron chi connectivity index (χ1n) is 10.2. The number of hydrogen-bond acceptors (Lipinski definition) is 5. The zero-order valence-corrected chi connectivity index (χ0v) is 15.8. The average Bonchev–Trinajstić information content (AvgIpc) is 3.14. The van der Waals surface area contributed by atoms with Gasteiger partial charge in [0.2, 0.25) is 5.91 Å². The van der Waals surface area contributed by atoms with E-state index in [9.17, 15) is 4.79 Å². The normalized spacial score (nSPS) is 31.3. The fourth-order valence-electron chi connectivity index (χ4n) is 4.74. The second kappa shape index (κ2) is 8.05. The van der Waals surface area contributed by atoms with Gasteiger partial charge in [-0.3, -0.25) is 14.4 Å². The van der Waals surface area contributed by atoms with Gasteiger partial charge in [-0.15, -0.1) is 5.10 Å². The van der Waals surface area contributed by atoms with Gasteiger partial charge in [0.05, 0.1) is 31.4 Å². The lowest BCUT2D eigenvalue weighted by Gasteiger charge is -2.50. The van der Waals surface area contributed by atoms with Crippen molar-refractivity contribution in [3.8, 4) is 0 Å². The maximum atomic E-state index is 12.9. The number of ether oxygens (including phenoxy) is 1. The monoisotopic (exact) mass is 361 g/mol. The number of rotatable bonds is 6. The van der Waals surface area contributed by atoms with E-state index in [1.54, 1.807) is 0 Å². The molecule has 144 valence electrons. The lowest BCUT2D eigenvalue weighted by atomic mass is 9.75. The molecule has 1 aromatic heterocycles. The lowest BCUT2D eigenvalue weighted by Crippen LogP contribution is -2.59. The van der Waals surface area contributed by atoms with E-state index in [0.29, 0.717) is 31.1 Å². The Morgan fingerprint density at radius 3 is 2.88 bits per heavy atom. The van der Waals surface area contributed by atoms with Gasteiger partial charge in [-0.05, 0) is 38.1 Å². The molecule has 0 radical (unpaired) electrons. The van der Waals surface area contributed by atoms with Crippen molar-refractivity contribution in [2.45, 2.75) is 51.6 Å². The van der Waals surface area contributed by atoms with Crippen molar-refractivity contribution in [3.63, 3.8) is 0 Å². The molecule has 4 atom stereocenters. The highest BCUT2D eigenvalue weighted by molar-refractivity contribution is 5.79. The molecule has 5 heterocycles. The van der Waals surface area contributed by atoms with Crippen molar-refractivity contribution in [1.29, 1.82) is 0 Å². The third-order valence-corrected chi connectivity index (χ3v) is 6.29. The highest BCUT2D eigenvalue weighted by Crippen LogP contribution is 2.37. The number of unbranched alkanes of at least 4 members (excludes halogenated alkanes) is 1. The Balaban J connectivity index is 1.34. The fraction of sp³-hybridized carbons (Fsp3) is 0.842. The Hall–Kier alpha value is -1.47. The summed E-state index contributed by atoms with van der Waals surface area (Å²) in [6.45, 7) is 7.99. The Kier molecular flexibility index (Phi) is 5.55. The highest BCUT2D eigenvalue weighted by atomic mass is 16.5. The van der Waals surface area contributed by atoms with E-state index in [0.717, 1.165) is 57.7 Å². The summed E-state index contributed by atoms with van der Waals surface area (Å²) in [4.78, 5) is 17.5. The third kappa shape index (κ3) is 3.78. The maximum Gasteiger partial charge on any atom is 0.227 e. The molecule has 4 fully saturated rings. The van der Waals surface area contributed by atoms with Crippen molar-refractivity contribution in [2.24, 2.45) is 11.8 Å². The maximum absolute atomic E-state index is 12.9. The number of nitrogens with zero attached hydrogens (tertiary/aromatic N) is 5. The van der Waals surface area contributed by atoms with Crippen LogP contribution in [0, 0.1) is 11.8 Å². The lowest BCUT2D eigenvalue weighted by molar-refractivity contribution is -0.148. The molecule has 7 nitrogen and oxygen atoms in total. The SMILES string of the molecule is CCCCc1cn(C[C@H]2CC3CCN2C[C@@H]3C(=O)N2CCOCC2)nn1. The molecule has 0 saturated carbocycles. The van der Waals surface area contributed by atoms with Crippen LogP contribution in [0.1, 0.15) is 38.3 Å². The van der Waals surface area contributed by atoms with E-state index in [-0.39, 0.29) is 5.92 Å². The summed E-state index contributed by atoms with van der Waals surface area (Å²) in [6, 6.07) is 0.489. The van der Waals surface area contributed by atoms with Crippen molar-refractivity contribution in [1.82, 2.24) is 24.8 Å². The standard InChI is InChI=1S/C19H31N5O2/c1-2-3-4-16-12-24(21-20-16)13-17-11-15-5-6-23(17)14-18(15)19(25)22-7-9-26-10-8-22/h12,15,17-18H,2-11,13-14H2,1H3/t15?,17-,18+/m1/s1. The topological polar surface area (TPSA) is 63.5 Å². The summed E-state index contributed by atoms with van der Waals surface area (Å²) < 4.78 is 7.40. The first-order valence-corrected chi connectivity index (χ1v) is 10.2. The molecule has 4 aliphatic rings. The second-order valence-electron chi connectivity index (χ2n) is 8.01. The summed E-state index contributed by atoms with van der Waals surface area (Å²) >= 11 is 0. The summed E-state index contributed by atoms with van der Waals surface area (Å²) in [5, 5.41) is 8.63. The zero-order chi connectivity index (χ0) is 17.9. The minimum atomic E-state index is 0.175. The quantitative estimate of drug-likeness (QED) is 0.762. The molecule has 4 aliphatic heterocycles. The van der Waals surface area contributed by atoms with Gasteiger partial charge in [-0.1, -0.05) is 18.6 Å². The number of carbonyl (C=O) groups is 1. The number of morpholine rings is 1. The first-order chi connectivity index (χ1) is 12.7. The molecule has 0 N–H and O–H groups in total. The Labute approximate surface area is 155 Å². The van der Waals surface area contributed by atoms with E-state index in [1.807, 2.05) is 9.58 Å². The summed E-state index contributed by atoms with van der Waals surface area (Å²) in [5.74, 6) is 1.04. The molecule has 0 spiro atoms. The number of aromatic nitrogens is 3. The number of carbonyl (C=O) groups excluding carboxylic acids is 1. The Morgan fingerprint density at radius 2 is 2.15 bits per heavy atom. The van der Waals surface area contributed by atoms with Gasteiger partial charge >= 0.3 is 0 Å². The molecule has 26 heavy (non-hydrogen) atoms. The Morgan fingerprint density at radius 1 is 1.31 bits per heavy atom. The van der Waals surface area contributed by atoms with Gasteiger partial charge in [0.1, 0.15) is 0 Å². The predicted molar refractivity (Wildman–Crippen MR) is 97.6 cm³/mol. The first kappa shape index (κ1) is 17.9. The second-order valence-corrected chi connectivity index (χ2v) is 8.01. The molecule has 1 aromatic rings. The van der Waals surface area contributed by atoms with Crippen molar-refractivity contribution >= 4 is 5.91 Å². The minimum Gasteiger partial charge on any atom is -0.378 e. The summed E-state index contributed by atoms with van der Waals surface area (Å²) in [6.07, 6.45) is 7.73. The van der Waals surface area contributed by atoms with Gasteiger partial charge in [0.25, 0.3) is 0 Å². The van der Waals surface area contributed by atoms with Crippen LogP contribution in [0.25, 0.3) is 0 Å². The molecule has 1 amide bonds. The van der Waals surface area contributed by atoms with E-state index in [2.05, 4.69) is 28.3 Å². The number of fused-ring (bicyclic) bond motifs is 3. The molecule has 7 heteroatoms. The van der Waals surface area contributed by atoms with Crippen LogP contribution >= 0.6 is 0 Å². The largest absolute Gasteiger partial charge is 0.378 e. The van der Waals surface area contributed by atoms with Crippen molar-refractivity contribution in [2.75, 3.05) is 39.4 Å². The van der Waals surface area contributed by atoms with E-state index < -0.39 is 0 Å². The molecule has 2 unspecified atom stereocenters. The Bertz CT molecular complexity index is 613. The molecule has 2 bridgehead atoms. The highest BCUT2D eigenvalue weighted by Gasteiger charge is 2.44. The number of piperidine rings is 3. The van der Waals surface area contributed by atoms with E-state index in [1.165, 1.54) is 12.8 Å². The van der Waals surface area contributed by atoms with Crippen molar-refractivity contribution < 1.29 is 9.53 Å². The van der Waals surface area contributed by atoms with E-state index >= 15 is 0 Å². The van der Waals surface area contributed by atoms with Gasteiger partial charge in [-0.2, -0.15) is 0 Å². The van der Waals surface area contributed by atoms with Crippen LogP contribution in [0.4, 0.5) is 0 Å². The molecular weight excluding hydrogens is 330 g/mol.